The molecular formula is C13H12N4O4S. The maximum absolute atomic E-state index is 11.8. The van der Waals surface area contributed by atoms with E-state index < -0.39 is 11.7 Å². The highest BCUT2D eigenvalue weighted by Crippen LogP contribution is 2.14. The van der Waals surface area contributed by atoms with E-state index in [2.05, 4.69) is 25.2 Å². The molecule has 114 valence electrons. The SMILES string of the molecule is COC(=O)c1ccc(NC(=O)CSc2cn[nH]c(=O)n2)cc1. The number of esters is 1. The van der Waals surface area contributed by atoms with Crippen LogP contribution in [0.4, 0.5) is 5.69 Å². The van der Waals surface area contributed by atoms with Crippen LogP contribution >= 0.6 is 11.8 Å². The normalized spacial score (nSPS) is 10.0. The van der Waals surface area contributed by atoms with Crippen LogP contribution in [0.25, 0.3) is 0 Å². The van der Waals surface area contributed by atoms with Crippen molar-refractivity contribution in [3.05, 3.63) is 46.5 Å². The zero-order valence-electron chi connectivity index (χ0n) is 11.5. The topological polar surface area (TPSA) is 114 Å². The number of rotatable bonds is 5. The molecule has 1 amide bonds. The Kier molecular flexibility index (Phi) is 5.26. The van der Waals surface area contributed by atoms with Gasteiger partial charge in [0.15, 0.2) is 0 Å². The Morgan fingerprint density at radius 2 is 2.05 bits per heavy atom. The lowest BCUT2D eigenvalue weighted by Gasteiger charge is -2.05. The van der Waals surface area contributed by atoms with Crippen LogP contribution in [0.3, 0.4) is 0 Å². The lowest BCUT2D eigenvalue weighted by atomic mass is 10.2. The van der Waals surface area contributed by atoms with Gasteiger partial charge in [0, 0.05) is 5.69 Å². The van der Waals surface area contributed by atoms with Gasteiger partial charge >= 0.3 is 11.7 Å². The van der Waals surface area contributed by atoms with E-state index in [1.807, 2.05) is 0 Å². The van der Waals surface area contributed by atoms with E-state index in [4.69, 9.17) is 0 Å². The number of carbonyl (C=O) groups is 2. The summed E-state index contributed by atoms with van der Waals surface area (Å²) in [5.74, 6) is -0.629. The van der Waals surface area contributed by atoms with Gasteiger partial charge in [-0.1, -0.05) is 11.8 Å². The highest BCUT2D eigenvalue weighted by atomic mass is 32.2. The van der Waals surface area contributed by atoms with Gasteiger partial charge in [-0.05, 0) is 24.3 Å². The first-order chi connectivity index (χ1) is 10.6. The van der Waals surface area contributed by atoms with Crippen molar-refractivity contribution >= 4 is 29.3 Å². The summed E-state index contributed by atoms with van der Waals surface area (Å²) in [6.45, 7) is 0. The number of methoxy groups -OCH3 is 1. The van der Waals surface area contributed by atoms with Crippen molar-refractivity contribution in [1.29, 1.82) is 0 Å². The summed E-state index contributed by atoms with van der Waals surface area (Å²) in [4.78, 5) is 37.7. The fourth-order valence-electron chi connectivity index (χ4n) is 1.51. The van der Waals surface area contributed by atoms with Crippen LogP contribution in [0, 0.1) is 0 Å². The molecule has 0 spiro atoms. The zero-order chi connectivity index (χ0) is 15.9. The molecule has 2 N–H and O–H groups in total. The van der Waals surface area contributed by atoms with Crippen LogP contribution < -0.4 is 11.0 Å². The summed E-state index contributed by atoms with van der Waals surface area (Å²) in [5, 5.41) is 8.76. The summed E-state index contributed by atoms with van der Waals surface area (Å²) in [6.07, 6.45) is 1.37. The standard InChI is InChI=1S/C13H12N4O4S/c1-21-12(19)8-2-4-9(5-3-8)15-10(18)7-22-11-6-14-17-13(20)16-11/h2-6H,7H2,1H3,(H,15,18)(H,16,17,20). The molecule has 9 heteroatoms. The molecule has 22 heavy (non-hydrogen) atoms. The maximum Gasteiger partial charge on any atom is 0.362 e. The third kappa shape index (κ3) is 4.42. The summed E-state index contributed by atoms with van der Waals surface area (Å²) >= 11 is 1.09. The second-order valence-electron chi connectivity index (χ2n) is 4.03. The number of carbonyl (C=O) groups excluding carboxylic acids is 2. The number of aromatic amines is 1. The number of anilines is 1. The molecule has 0 aliphatic heterocycles. The molecule has 0 fully saturated rings. The first kappa shape index (κ1) is 15.7. The molecule has 1 heterocycles. The number of hydrogen-bond acceptors (Lipinski definition) is 7. The second-order valence-corrected chi connectivity index (χ2v) is 5.03. The van der Waals surface area contributed by atoms with Gasteiger partial charge < -0.3 is 10.1 Å². The lowest BCUT2D eigenvalue weighted by Crippen LogP contribution is -2.16. The Morgan fingerprint density at radius 3 is 2.68 bits per heavy atom. The quantitative estimate of drug-likeness (QED) is 0.615. The van der Waals surface area contributed by atoms with Gasteiger partial charge in [-0.15, -0.1) is 0 Å². The maximum atomic E-state index is 11.8. The highest BCUT2D eigenvalue weighted by molar-refractivity contribution is 7.99. The van der Waals surface area contributed by atoms with Crippen LogP contribution in [-0.4, -0.2) is 39.9 Å². The van der Waals surface area contributed by atoms with Crippen LogP contribution in [0.5, 0.6) is 0 Å². The summed E-state index contributed by atoms with van der Waals surface area (Å²) < 4.78 is 4.58. The molecule has 2 aromatic rings. The fourth-order valence-corrected chi connectivity index (χ4v) is 2.14. The fraction of sp³-hybridized carbons (Fsp3) is 0.154. The van der Waals surface area contributed by atoms with Crippen molar-refractivity contribution in [2.75, 3.05) is 18.2 Å². The van der Waals surface area contributed by atoms with Crippen LogP contribution in [0.2, 0.25) is 0 Å². The largest absolute Gasteiger partial charge is 0.465 e. The smallest absolute Gasteiger partial charge is 0.362 e. The van der Waals surface area contributed by atoms with Crippen molar-refractivity contribution in [3.8, 4) is 0 Å². The van der Waals surface area contributed by atoms with Gasteiger partial charge in [-0.25, -0.2) is 14.7 Å². The second kappa shape index (κ2) is 7.36. The van der Waals surface area contributed by atoms with E-state index >= 15 is 0 Å². The van der Waals surface area contributed by atoms with Crippen molar-refractivity contribution in [2.24, 2.45) is 0 Å². The first-order valence-electron chi connectivity index (χ1n) is 6.11. The molecule has 0 aliphatic carbocycles. The Bertz CT molecular complexity index is 729. The van der Waals surface area contributed by atoms with Crippen molar-refractivity contribution in [1.82, 2.24) is 15.2 Å². The van der Waals surface area contributed by atoms with Gasteiger partial charge in [0.25, 0.3) is 0 Å². The number of nitrogens with one attached hydrogen (secondary N) is 2. The van der Waals surface area contributed by atoms with Gasteiger partial charge in [0.2, 0.25) is 5.91 Å². The zero-order valence-corrected chi connectivity index (χ0v) is 12.3. The van der Waals surface area contributed by atoms with E-state index in [0.717, 1.165) is 11.8 Å². The highest BCUT2D eigenvalue weighted by Gasteiger charge is 2.07. The minimum atomic E-state index is -0.566. The van der Waals surface area contributed by atoms with Gasteiger partial charge in [0.1, 0.15) is 5.03 Å². The van der Waals surface area contributed by atoms with Crippen molar-refractivity contribution in [3.63, 3.8) is 0 Å². The minimum Gasteiger partial charge on any atom is -0.465 e. The molecule has 0 atom stereocenters. The van der Waals surface area contributed by atoms with Gasteiger partial charge in [-0.2, -0.15) is 10.1 Å². The van der Waals surface area contributed by atoms with E-state index in [1.165, 1.54) is 13.3 Å². The van der Waals surface area contributed by atoms with Crippen molar-refractivity contribution < 1.29 is 14.3 Å². The predicted octanol–water partition coefficient (Wildman–Crippen LogP) is 0.682. The van der Waals surface area contributed by atoms with Crippen molar-refractivity contribution in [2.45, 2.75) is 5.03 Å². The number of thioether (sulfide) groups is 1. The molecule has 0 unspecified atom stereocenters. The third-order valence-corrected chi connectivity index (χ3v) is 3.39. The summed E-state index contributed by atoms with van der Waals surface area (Å²) in [5.41, 5.74) is 0.382. The van der Waals surface area contributed by atoms with Crippen LogP contribution in [0.15, 0.2) is 40.3 Å². The molecule has 0 aliphatic rings. The first-order valence-corrected chi connectivity index (χ1v) is 7.10. The Labute approximate surface area is 129 Å². The summed E-state index contributed by atoms with van der Waals surface area (Å²) in [6, 6.07) is 6.30. The number of benzene rings is 1. The van der Waals surface area contributed by atoms with Crippen LogP contribution in [-0.2, 0) is 9.53 Å². The minimum absolute atomic E-state index is 0.0802. The van der Waals surface area contributed by atoms with E-state index in [0.29, 0.717) is 16.3 Å². The molecule has 1 aromatic heterocycles. The average molecular weight is 320 g/mol. The lowest BCUT2D eigenvalue weighted by molar-refractivity contribution is -0.113. The molecule has 0 saturated heterocycles. The average Bonchev–Trinajstić information content (AvgIpc) is 2.53. The van der Waals surface area contributed by atoms with Crippen LogP contribution in [0.1, 0.15) is 10.4 Å². The predicted molar refractivity (Wildman–Crippen MR) is 79.8 cm³/mol. The number of ether oxygens (including phenoxy) is 1. The monoisotopic (exact) mass is 320 g/mol. The Balaban J connectivity index is 1.89. The number of H-pyrrole nitrogens is 1. The molecule has 8 nitrogen and oxygen atoms in total. The molecule has 0 bridgehead atoms. The third-order valence-electron chi connectivity index (χ3n) is 2.49. The molecular weight excluding hydrogens is 308 g/mol. The number of hydrogen-bond donors (Lipinski definition) is 2. The summed E-state index contributed by atoms with van der Waals surface area (Å²) in [7, 11) is 1.30. The van der Waals surface area contributed by atoms with Gasteiger partial charge in [-0.3, -0.25) is 4.79 Å². The molecule has 0 radical (unpaired) electrons. The number of aromatic nitrogens is 3. The Morgan fingerprint density at radius 1 is 1.32 bits per heavy atom. The Hall–Kier alpha value is -2.68. The van der Waals surface area contributed by atoms with E-state index in [-0.39, 0.29) is 11.7 Å². The van der Waals surface area contributed by atoms with E-state index in [1.54, 1.807) is 24.3 Å². The van der Waals surface area contributed by atoms with Gasteiger partial charge in [0.05, 0.1) is 24.6 Å². The van der Waals surface area contributed by atoms with E-state index in [9.17, 15) is 14.4 Å². The number of nitrogens with zero attached hydrogens (tertiary/aromatic N) is 2. The molecule has 0 saturated carbocycles. The number of amides is 1. The molecule has 2 rings (SSSR count). The molecule has 1 aromatic carbocycles.